The van der Waals surface area contributed by atoms with Crippen molar-refractivity contribution in [1.29, 1.82) is 0 Å². The number of rotatable bonds is 4. The van der Waals surface area contributed by atoms with Crippen molar-refractivity contribution in [2.45, 2.75) is 45.3 Å². The Balaban J connectivity index is 1.98. The summed E-state index contributed by atoms with van der Waals surface area (Å²) in [6.45, 7) is 9.68. The van der Waals surface area contributed by atoms with Crippen LogP contribution in [0.5, 0.6) is 0 Å². The van der Waals surface area contributed by atoms with E-state index < -0.39 is 11.6 Å². The number of hydrogen-bond acceptors (Lipinski definition) is 4. The first kappa shape index (κ1) is 19.1. The van der Waals surface area contributed by atoms with Gasteiger partial charge in [0.25, 0.3) is 0 Å². The molecule has 0 radical (unpaired) electrons. The summed E-state index contributed by atoms with van der Waals surface area (Å²) in [5.41, 5.74) is 3.02. The van der Waals surface area contributed by atoms with Crippen LogP contribution < -0.4 is 10.6 Å². The van der Waals surface area contributed by atoms with Gasteiger partial charge in [-0.05, 0) is 57.9 Å². The summed E-state index contributed by atoms with van der Waals surface area (Å²) in [4.78, 5) is 28.0. The SMILES string of the molecule is Cc1ccc(-n2ccnc2SCC(=O)NC(=O)NC(C)(C)C)cc1C. The van der Waals surface area contributed by atoms with E-state index in [2.05, 4.69) is 41.6 Å². The van der Waals surface area contributed by atoms with E-state index >= 15 is 0 Å². The molecule has 0 spiro atoms. The van der Waals surface area contributed by atoms with Crippen LogP contribution in [0, 0.1) is 13.8 Å². The first-order chi connectivity index (χ1) is 11.7. The Morgan fingerprint density at radius 1 is 1.20 bits per heavy atom. The van der Waals surface area contributed by atoms with Gasteiger partial charge in [-0.15, -0.1) is 0 Å². The molecular formula is C18H24N4O2S. The smallest absolute Gasteiger partial charge is 0.321 e. The average Bonchev–Trinajstić information content (AvgIpc) is 2.94. The van der Waals surface area contributed by atoms with E-state index in [0.29, 0.717) is 5.16 Å². The monoisotopic (exact) mass is 360 g/mol. The van der Waals surface area contributed by atoms with Gasteiger partial charge in [-0.3, -0.25) is 14.7 Å². The zero-order chi connectivity index (χ0) is 18.6. The third-order valence-corrected chi connectivity index (χ3v) is 4.42. The largest absolute Gasteiger partial charge is 0.333 e. The van der Waals surface area contributed by atoms with Crippen LogP contribution in [0.2, 0.25) is 0 Å². The lowest BCUT2D eigenvalue weighted by Gasteiger charge is -2.20. The molecule has 0 atom stereocenters. The van der Waals surface area contributed by atoms with Crippen LogP contribution in [0.25, 0.3) is 5.69 Å². The van der Waals surface area contributed by atoms with Crippen LogP contribution >= 0.6 is 11.8 Å². The minimum Gasteiger partial charge on any atom is -0.333 e. The maximum Gasteiger partial charge on any atom is 0.321 e. The number of nitrogens with zero attached hydrogens (tertiary/aromatic N) is 2. The Morgan fingerprint density at radius 2 is 1.92 bits per heavy atom. The molecule has 3 amide bonds. The molecule has 1 aromatic carbocycles. The molecule has 0 aliphatic carbocycles. The highest BCUT2D eigenvalue weighted by molar-refractivity contribution is 7.99. The third kappa shape index (κ3) is 5.63. The molecular weight excluding hydrogens is 336 g/mol. The Hall–Kier alpha value is -2.28. The van der Waals surface area contributed by atoms with E-state index in [0.717, 1.165) is 5.69 Å². The third-order valence-electron chi connectivity index (χ3n) is 3.45. The van der Waals surface area contributed by atoms with E-state index in [1.165, 1.54) is 22.9 Å². The molecule has 2 N–H and O–H groups in total. The van der Waals surface area contributed by atoms with Gasteiger partial charge >= 0.3 is 6.03 Å². The number of aryl methyl sites for hydroxylation is 2. The van der Waals surface area contributed by atoms with Gasteiger partial charge in [0.15, 0.2) is 5.16 Å². The van der Waals surface area contributed by atoms with Crippen molar-refractivity contribution in [3.8, 4) is 5.69 Å². The fraction of sp³-hybridized carbons (Fsp3) is 0.389. The van der Waals surface area contributed by atoms with E-state index in [9.17, 15) is 9.59 Å². The van der Waals surface area contributed by atoms with Gasteiger partial charge < -0.3 is 5.32 Å². The highest BCUT2D eigenvalue weighted by Gasteiger charge is 2.16. The maximum absolute atomic E-state index is 12.0. The molecule has 0 bridgehead atoms. The second-order valence-corrected chi connectivity index (χ2v) is 7.83. The summed E-state index contributed by atoms with van der Waals surface area (Å²) >= 11 is 1.29. The molecule has 2 aromatic rings. The van der Waals surface area contributed by atoms with E-state index in [1.807, 2.05) is 37.6 Å². The number of carbonyl (C=O) groups excluding carboxylic acids is 2. The van der Waals surface area contributed by atoms with Crippen LogP contribution in [0.15, 0.2) is 35.7 Å². The van der Waals surface area contributed by atoms with Crippen molar-refractivity contribution < 1.29 is 9.59 Å². The van der Waals surface area contributed by atoms with Crippen LogP contribution in [-0.2, 0) is 4.79 Å². The van der Waals surface area contributed by atoms with Gasteiger partial charge in [0.05, 0.1) is 5.75 Å². The van der Waals surface area contributed by atoms with Crippen molar-refractivity contribution in [2.24, 2.45) is 0 Å². The minimum atomic E-state index is -0.490. The molecule has 7 heteroatoms. The normalized spacial score (nSPS) is 11.2. The molecule has 0 saturated heterocycles. The molecule has 0 aliphatic heterocycles. The summed E-state index contributed by atoms with van der Waals surface area (Å²) in [5.74, 6) is -0.249. The standard InChI is InChI=1S/C18H24N4O2S/c1-12-6-7-14(10-13(12)2)22-9-8-19-17(22)25-11-15(23)20-16(24)21-18(3,4)5/h6-10H,11H2,1-5H3,(H2,20,21,23,24). The molecule has 0 aliphatic rings. The van der Waals surface area contributed by atoms with E-state index in [4.69, 9.17) is 0 Å². The van der Waals surface area contributed by atoms with Crippen molar-refractivity contribution in [3.05, 3.63) is 41.7 Å². The Morgan fingerprint density at radius 3 is 2.56 bits per heavy atom. The van der Waals surface area contributed by atoms with Crippen molar-refractivity contribution in [3.63, 3.8) is 0 Å². The first-order valence-corrected chi connectivity index (χ1v) is 9.00. The van der Waals surface area contributed by atoms with Crippen LogP contribution in [-0.4, -0.2) is 32.8 Å². The first-order valence-electron chi connectivity index (χ1n) is 8.01. The number of imide groups is 1. The average molecular weight is 360 g/mol. The number of benzene rings is 1. The summed E-state index contributed by atoms with van der Waals surface area (Å²) in [6.07, 6.45) is 3.55. The molecule has 0 fully saturated rings. The molecule has 6 nitrogen and oxygen atoms in total. The zero-order valence-electron chi connectivity index (χ0n) is 15.2. The summed E-state index contributed by atoms with van der Waals surface area (Å²) in [7, 11) is 0. The van der Waals surface area contributed by atoms with E-state index in [-0.39, 0.29) is 11.7 Å². The fourth-order valence-electron chi connectivity index (χ4n) is 2.13. The van der Waals surface area contributed by atoms with Crippen molar-refractivity contribution >= 4 is 23.7 Å². The Labute approximate surface area is 152 Å². The highest BCUT2D eigenvalue weighted by atomic mass is 32.2. The summed E-state index contributed by atoms with van der Waals surface area (Å²) in [6, 6.07) is 5.67. The van der Waals surface area contributed by atoms with Crippen LogP contribution in [0.1, 0.15) is 31.9 Å². The van der Waals surface area contributed by atoms with Gasteiger partial charge in [-0.1, -0.05) is 17.8 Å². The van der Waals surface area contributed by atoms with Crippen LogP contribution in [0.4, 0.5) is 4.79 Å². The van der Waals surface area contributed by atoms with Crippen LogP contribution in [0.3, 0.4) is 0 Å². The number of aromatic nitrogens is 2. The predicted molar refractivity (Wildman–Crippen MR) is 100 cm³/mol. The molecule has 1 heterocycles. The highest BCUT2D eigenvalue weighted by Crippen LogP contribution is 2.22. The number of hydrogen-bond donors (Lipinski definition) is 2. The Kier molecular flexibility index (Phi) is 5.89. The molecule has 2 rings (SSSR count). The summed E-state index contributed by atoms with van der Waals surface area (Å²) in [5, 5.41) is 5.72. The van der Waals surface area contributed by atoms with Gasteiger partial charge in [-0.25, -0.2) is 9.78 Å². The Bertz CT molecular complexity index is 778. The van der Waals surface area contributed by atoms with E-state index in [1.54, 1.807) is 6.20 Å². The van der Waals surface area contributed by atoms with Gasteiger partial charge in [-0.2, -0.15) is 0 Å². The molecule has 0 saturated carbocycles. The molecule has 134 valence electrons. The fourth-order valence-corrected chi connectivity index (χ4v) is 2.91. The predicted octanol–water partition coefficient (Wildman–Crippen LogP) is 3.21. The van der Waals surface area contributed by atoms with Gasteiger partial charge in [0.2, 0.25) is 5.91 Å². The van der Waals surface area contributed by atoms with Gasteiger partial charge in [0, 0.05) is 23.6 Å². The number of amides is 3. The molecule has 25 heavy (non-hydrogen) atoms. The number of nitrogens with one attached hydrogen (secondary N) is 2. The lowest BCUT2D eigenvalue weighted by atomic mass is 10.1. The second kappa shape index (κ2) is 7.74. The quantitative estimate of drug-likeness (QED) is 0.821. The molecule has 0 unspecified atom stereocenters. The lowest BCUT2D eigenvalue weighted by molar-refractivity contribution is -0.117. The summed E-state index contributed by atoms with van der Waals surface area (Å²) < 4.78 is 1.93. The number of carbonyl (C=O) groups is 2. The topological polar surface area (TPSA) is 76.0 Å². The number of thioether (sulfide) groups is 1. The maximum atomic E-state index is 12.0. The second-order valence-electron chi connectivity index (χ2n) is 6.89. The number of imidazole rings is 1. The van der Waals surface area contributed by atoms with Crippen molar-refractivity contribution in [1.82, 2.24) is 20.2 Å². The minimum absolute atomic E-state index is 0.111. The van der Waals surface area contributed by atoms with Crippen molar-refractivity contribution in [2.75, 3.05) is 5.75 Å². The molecule has 1 aromatic heterocycles. The zero-order valence-corrected chi connectivity index (χ0v) is 16.0. The van der Waals surface area contributed by atoms with Gasteiger partial charge in [0.1, 0.15) is 0 Å². The number of urea groups is 1. The lowest BCUT2D eigenvalue weighted by Crippen LogP contribution is -2.48.